The Kier molecular flexibility index (Phi) is 4.20. The van der Waals surface area contributed by atoms with Crippen LogP contribution in [0.25, 0.3) is 44.8 Å². The summed E-state index contributed by atoms with van der Waals surface area (Å²) >= 11 is 2.25. The fourth-order valence-electron chi connectivity index (χ4n) is 3.20. The zero-order valence-corrected chi connectivity index (χ0v) is 17.0. The molecule has 0 aliphatic rings. The summed E-state index contributed by atoms with van der Waals surface area (Å²) in [6.45, 7) is 0. The Labute approximate surface area is 178 Å². The van der Waals surface area contributed by atoms with Crippen molar-refractivity contribution in [1.29, 1.82) is 0 Å². The van der Waals surface area contributed by atoms with Gasteiger partial charge >= 0.3 is 0 Å². The number of hydrogen-bond acceptors (Lipinski definition) is 5. The number of nitro benzene ring substituents is 1. The van der Waals surface area contributed by atoms with Crippen molar-refractivity contribution in [2.45, 2.75) is 0 Å². The molecule has 0 amide bonds. The number of aromatic amines is 1. The molecule has 0 saturated carbocycles. The SMILES string of the molecule is O=[N+]([O-])c1ccc2nc(-c3ccc(I)cc3)c(-c3nc4ccccc4[nH]3)nc2c1. The topological polar surface area (TPSA) is 97.6 Å². The van der Waals surface area contributed by atoms with Gasteiger partial charge < -0.3 is 4.98 Å². The van der Waals surface area contributed by atoms with E-state index in [-0.39, 0.29) is 5.69 Å². The lowest BCUT2D eigenvalue weighted by Crippen LogP contribution is -1.98. The van der Waals surface area contributed by atoms with Gasteiger partial charge in [-0.25, -0.2) is 15.0 Å². The van der Waals surface area contributed by atoms with Crippen LogP contribution in [0, 0.1) is 13.7 Å². The number of H-pyrrole nitrogens is 1. The first-order chi connectivity index (χ1) is 14.1. The molecule has 3 aromatic carbocycles. The van der Waals surface area contributed by atoms with E-state index < -0.39 is 4.92 Å². The van der Waals surface area contributed by atoms with E-state index in [2.05, 4.69) is 32.6 Å². The van der Waals surface area contributed by atoms with Crippen molar-refractivity contribution in [3.8, 4) is 22.8 Å². The molecule has 0 spiro atoms. The molecule has 5 aromatic rings. The van der Waals surface area contributed by atoms with Crippen LogP contribution >= 0.6 is 22.6 Å². The lowest BCUT2D eigenvalue weighted by Gasteiger charge is -2.09. The molecule has 1 N–H and O–H groups in total. The Bertz CT molecular complexity index is 1360. The Morgan fingerprint density at radius 2 is 1.59 bits per heavy atom. The number of nitrogens with one attached hydrogen (secondary N) is 1. The molecule has 0 aliphatic heterocycles. The predicted octanol–water partition coefficient (Wildman–Crippen LogP) is 5.35. The molecule has 0 saturated heterocycles. The normalized spacial score (nSPS) is 11.2. The van der Waals surface area contributed by atoms with E-state index in [9.17, 15) is 10.1 Å². The molecule has 8 heteroatoms. The number of imidazole rings is 1. The van der Waals surface area contributed by atoms with Crippen LogP contribution in [0.1, 0.15) is 0 Å². The number of benzene rings is 3. The Morgan fingerprint density at radius 1 is 0.828 bits per heavy atom. The summed E-state index contributed by atoms with van der Waals surface area (Å²) in [5, 5.41) is 11.2. The van der Waals surface area contributed by atoms with Crippen LogP contribution in [-0.4, -0.2) is 24.9 Å². The maximum atomic E-state index is 11.2. The number of aromatic nitrogens is 4. The third kappa shape index (κ3) is 3.21. The monoisotopic (exact) mass is 493 g/mol. The van der Waals surface area contributed by atoms with E-state index in [4.69, 9.17) is 9.97 Å². The second-order valence-electron chi connectivity index (χ2n) is 6.46. The van der Waals surface area contributed by atoms with Crippen molar-refractivity contribution < 1.29 is 4.92 Å². The van der Waals surface area contributed by atoms with E-state index in [1.165, 1.54) is 12.1 Å². The number of nitro groups is 1. The number of nitrogens with zero attached hydrogens (tertiary/aromatic N) is 4. The average Bonchev–Trinajstić information content (AvgIpc) is 3.17. The Balaban J connectivity index is 1.80. The third-order valence-corrected chi connectivity index (χ3v) is 5.31. The van der Waals surface area contributed by atoms with Gasteiger partial charge in [-0.1, -0.05) is 24.3 Å². The van der Waals surface area contributed by atoms with Gasteiger partial charge in [0.05, 0.1) is 27.0 Å². The second-order valence-corrected chi connectivity index (χ2v) is 7.71. The number of fused-ring (bicyclic) bond motifs is 2. The third-order valence-electron chi connectivity index (χ3n) is 4.59. The molecule has 0 aliphatic carbocycles. The van der Waals surface area contributed by atoms with Crippen LogP contribution in [0.15, 0.2) is 66.7 Å². The van der Waals surface area contributed by atoms with Gasteiger partial charge in [-0.3, -0.25) is 10.1 Å². The van der Waals surface area contributed by atoms with Crippen molar-refractivity contribution >= 4 is 50.3 Å². The summed E-state index contributed by atoms with van der Waals surface area (Å²) < 4.78 is 1.11. The lowest BCUT2D eigenvalue weighted by atomic mass is 10.1. The highest BCUT2D eigenvalue weighted by atomic mass is 127. The van der Waals surface area contributed by atoms with Gasteiger partial charge in [0.1, 0.15) is 11.4 Å². The van der Waals surface area contributed by atoms with E-state index in [0.717, 1.165) is 20.2 Å². The van der Waals surface area contributed by atoms with Crippen molar-refractivity contribution in [2.75, 3.05) is 0 Å². The van der Waals surface area contributed by atoms with E-state index in [1.807, 2.05) is 48.5 Å². The first-order valence-corrected chi connectivity index (χ1v) is 9.83. The molecular weight excluding hydrogens is 481 g/mol. The molecule has 5 rings (SSSR count). The number of hydrogen-bond donors (Lipinski definition) is 1. The minimum atomic E-state index is -0.435. The van der Waals surface area contributed by atoms with Gasteiger partial charge in [0, 0.05) is 21.3 Å². The molecule has 0 unspecified atom stereocenters. The summed E-state index contributed by atoms with van der Waals surface area (Å²) in [5.74, 6) is 0.570. The van der Waals surface area contributed by atoms with Gasteiger partial charge in [-0.2, -0.15) is 0 Å². The van der Waals surface area contributed by atoms with E-state index in [0.29, 0.717) is 28.2 Å². The highest BCUT2D eigenvalue weighted by Crippen LogP contribution is 2.32. The molecule has 0 atom stereocenters. The van der Waals surface area contributed by atoms with Crippen LogP contribution < -0.4 is 0 Å². The highest BCUT2D eigenvalue weighted by molar-refractivity contribution is 14.1. The van der Waals surface area contributed by atoms with Gasteiger partial charge in [0.15, 0.2) is 5.82 Å². The molecule has 2 heterocycles. The Morgan fingerprint density at radius 3 is 2.34 bits per heavy atom. The van der Waals surface area contributed by atoms with E-state index >= 15 is 0 Å². The van der Waals surface area contributed by atoms with Crippen LogP contribution in [0.4, 0.5) is 5.69 Å². The average molecular weight is 493 g/mol. The zero-order valence-electron chi connectivity index (χ0n) is 14.8. The zero-order chi connectivity index (χ0) is 20.0. The number of para-hydroxylation sites is 2. The standard InChI is InChI=1S/C21H12IN5O2/c22-13-7-5-12(6-8-13)19-20(21-25-15-3-1-2-4-16(15)26-21)24-18-11-14(27(28)29)9-10-17(18)23-19/h1-11H,(H,25,26). The highest BCUT2D eigenvalue weighted by Gasteiger charge is 2.18. The van der Waals surface area contributed by atoms with Crippen LogP contribution in [0.3, 0.4) is 0 Å². The summed E-state index contributed by atoms with van der Waals surface area (Å²) in [5.41, 5.74) is 4.83. The molecule has 7 nitrogen and oxygen atoms in total. The molecular formula is C21H12IN5O2. The van der Waals surface area contributed by atoms with Gasteiger partial charge in [0.2, 0.25) is 0 Å². The molecule has 0 radical (unpaired) electrons. The van der Waals surface area contributed by atoms with Crippen LogP contribution in [0.5, 0.6) is 0 Å². The minimum Gasteiger partial charge on any atom is -0.337 e. The predicted molar refractivity (Wildman–Crippen MR) is 119 cm³/mol. The number of rotatable bonds is 3. The second kappa shape index (κ2) is 6.89. The van der Waals surface area contributed by atoms with Gasteiger partial charge in [-0.05, 0) is 52.9 Å². The van der Waals surface area contributed by atoms with Crippen LogP contribution in [0.2, 0.25) is 0 Å². The maximum absolute atomic E-state index is 11.2. The molecule has 29 heavy (non-hydrogen) atoms. The molecule has 140 valence electrons. The quantitative estimate of drug-likeness (QED) is 0.208. The van der Waals surface area contributed by atoms with E-state index in [1.54, 1.807) is 6.07 Å². The summed E-state index contributed by atoms with van der Waals surface area (Å²) in [7, 11) is 0. The molecule has 2 aromatic heterocycles. The molecule has 0 bridgehead atoms. The minimum absolute atomic E-state index is 0.0237. The maximum Gasteiger partial charge on any atom is 0.271 e. The van der Waals surface area contributed by atoms with Gasteiger partial charge in [0.25, 0.3) is 5.69 Å². The number of non-ortho nitro benzene ring substituents is 1. The molecule has 0 fully saturated rings. The summed E-state index contributed by atoms with van der Waals surface area (Å²) in [6, 6.07) is 20.2. The number of halogens is 1. The van der Waals surface area contributed by atoms with Crippen LogP contribution in [-0.2, 0) is 0 Å². The van der Waals surface area contributed by atoms with Gasteiger partial charge in [-0.15, -0.1) is 0 Å². The lowest BCUT2D eigenvalue weighted by molar-refractivity contribution is -0.384. The summed E-state index contributed by atoms with van der Waals surface area (Å²) in [4.78, 5) is 28.2. The fraction of sp³-hybridized carbons (Fsp3) is 0. The fourth-order valence-corrected chi connectivity index (χ4v) is 3.55. The first-order valence-electron chi connectivity index (χ1n) is 8.76. The summed E-state index contributed by atoms with van der Waals surface area (Å²) in [6.07, 6.45) is 0. The van der Waals surface area contributed by atoms with Crippen molar-refractivity contribution in [3.05, 3.63) is 80.4 Å². The smallest absolute Gasteiger partial charge is 0.271 e. The Hall–Kier alpha value is -3.40. The first kappa shape index (κ1) is 17.7. The van der Waals surface area contributed by atoms with Crippen molar-refractivity contribution in [1.82, 2.24) is 19.9 Å². The largest absolute Gasteiger partial charge is 0.337 e. The van der Waals surface area contributed by atoms with Crippen molar-refractivity contribution in [2.24, 2.45) is 0 Å². The van der Waals surface area contributed by atoms with Crippen molar-refractivity contribution in [3.63, 3.8) is 0 Å².